The molecule has 0 unspecified atom stereocenters. The highest BCUT2D eigenvalue weighted by Gasteiger charge is 2.44. The zero-order chi connectivity index (χ0) is 23.3. The summed E-state index contributed by atoms with van der Waals surface area (Å²) < 4.78 is 54.4. The smallest absolute Gasteiger partial charge is 0.428 e. The molecule has 166 valence electrons. The van der Waals surface area contributed by atoms with Crippen LogP contribution in [0, 0.1) is 30.3 Å². The first-order chi connectivity index (χ1) is 14.4. The number of rotatable bonds is 10. The summed E-state index contributed by atoms with van der Waals surface area (Å²) in [4.78, 5) is 30.3. The number of halogens is 4. The average molecular weight is 448 g/mol. The van der Waals surface area contributed by atoms with Gasteiger partial charge in [-0.2, -0.15) is 17.6 Å². The van der Waals surface area contributed by atoms with Gasteiger partial charge >= 0.3 is 12.5 Å². The summed E-state index contributed by atoms with van der Waals surface area (Å²) in [6.07, 6.45) is -9.13. The first-order valence-corrected chi connectivity index (χ1v) is 8.21. The van der Waals surface area contributed by atoms with Crippen LogP contribution in [0.15, 0.2) is 36.4 Å². The van der Waals surface area contributed by atoms with E-state index in [1.165, 1.54) is 12.1 Å². The molecular weight excluding hydrogens is 436 g/mol. The summed E-state index contributed by atoms with van der Waals surface area (Å²) in [7, 11) is 0. The predicted octanol–water partition coefficient (Wildman–Crippen LogP) is 4.30. The Hall–Kier alpha value is -4.04. The third kappa shape index (κ3) is 5.74. The van der Waals surface area contributed by atoms with Crippen molar-refractivity contribution in [1.82, 2.24) is 0 Å². The fourth-order valence-electron chi connectivity index (χ4n) is 2.52. The second-order valence-corrected chi connectivity index (χ2v) is 5.90. The van der Waals surface area contributed by atoms with Gasteiger partial charge in [-0.05, 0) is 12.1 Å². The van der Waals surface area contributed by atoms with Crippen LogP contribution in [-0.4, -0.2) is 33.8 Å². The van der Waals surface area contributed by atoms with Crippen LogP contribution < -0.4 is 10.1 Å². The molecule has 0 bridgehead atoms. The Kier molecular flexibility index (Phi) is 6.89. The standard InChI is InChI=1S/C16H12F4N4O7/c17-15(18)16(19,20)31-11-3-1-2-9(6-11)21-5-4-12-13(23(27)28)7-10(22(25)26)8-14(12)24(29)30/h1-3,6-8,15,21H,4-5H2. The molecule has 1 N–H and O–H groups in total. The van der Waals surface area contributed by atoms with Gasteiger partial charge < -0.3 is 10.1 Å². The van der Waals surface area contributed by atoms with Crippen LogP contribution in [0.3, 0.4) is 0 Å². The molecule has 31 heavy (non-hydrogen) atoms. The van der Waals surface area contributed by atoms with Gasteiger partial charge in [-0.15, -0.1) is 0 Å². The Bertz CT molecular complexity index is 984. The van der Waals surface area contributed by atoms with Crippen molar-refractivity contribution in [3.8, 4) is 5.75 Å². The monoisotopic (exact) mass is 448 g/mol. The minimum Gasteiger partial charge on any atom is -0.428 e. The van der Waals surface area contributed by atoms with Crippen LogP contribution in [0.2, 0.25) is 0 Å². The lowest BCUT2D eigenvalue weighted by molar-refractivity contribution is -0.404. The normalized spacial score (nSPS) is 11.3. The number of hydrogen-bond donors (Lipinski definition) is 1. The zero-order valence-corrected chi connectivity index (χ0v) is 15.2. The Labute approximate surface area is 169 Å². The Morgan fingerprint density at radius 3 is 2.03 bits per heavy atom. The molecule has 0 atom stereocenters. The van der Waals surface area contributed by atoms with E-state index in [1.807, 2.05) is 0 Å². The minimum absolute atomic E-state index is 0.0924. The molecule has 0 aliphatic rings. The number of benzene rings is 2. The molecule has 2 rings (SSSR count). The molecule has 2 aromatic carbocycles. The van der Waals surface area contributed by atoms with Crippen LogP contribution in [0.1, 0.15) is 5.56 Å². The third-order valence-electron chi connectivity index (χ3n) is 3.84. The summed E-state index contributed by atoms with van der Waals surface area (Å²) >= 11 is 0. The van der Waals surface area contributed by atoms with Crippen molar-refractivity contribution >= 4 is 22.7 Å². The lowest BCUT2D eigenvalue weighted by Gasteiger charge is -2.17. The van der Waals surface area contributed by atoms with Crippen LogP contribution in [0.4, 0.5) is 40.3 Å². The number of nitrogens with one attached hydrogen (secondary N) is 1. The van der Waals surface area contributed by atoms with Crippen LogP contribution in [0.25, 0.3) is 0 Å². The largest absolute Gasteiger partial charge is 0.461 e. The maximum Gasteiger partial charge on any atom is 0.461 e. The van der Waals surface area contributed by atoms with Gasteiger partial charge in [-0.3, -0.25) is 30.3 Å². The van der Waals surface area contributed by atoms with Crippen LogP contribution >= 0.6 is 0 Å². The molecule has 0 fully saturated rings. The highest BCUT2D eigenvalue weighted by Crippen LogP contribution is 2.34. The van der Waals surface area contributed by atoms with E-state index in [4.69, 9.17) is 0 Å². The molecule has 0 aliphatic heterocycles. The van der Waals surface area contributed by atoms with Gasteiger partial charge in [-0.25, -0.2) is 0 Å². The minimum atomic E-state index is -4.72. The van der Waals surface area contributed by atoms with Gasteiger partial charge in [0.05, 0.1) is 26.9 Å². The van der Waals surface area contributed by atoms with Gasteiger partial charge in [0.25, 0.3) is 17.1 Å². The molecule has 0 saturated carbocycles. The first-order valence-electron chi connectivity index (χ1n) is 8.21. The fourth-order valence-corrected chi connectivity index (χ4v) is 2.52. The van der Waals surface area contributed by atoms with Crippen molar-refractivity contribution in [3.63, 3.8) is 0 Å². The molecule has 0 aromatic heterocycles. The number of hydrogen-bond acceptors (Lipinski definition) is 8. The first kappa shape index (κ1) is 23.2. The molecule has 0 heterocycles. The topological polar surface area (TPSA) is 151 Å². The van der Waals surface area contributed by atoms with Crippen molar-refractivity contribution in [3.05, 3.63) is 72.3 Å². The number of alkyl halides is 4. The molecule has 15 heteroatoms. The summed E-state index contributed by atoms with van der Waals surface area (Å²) in [6, 6.07) is 5.66. The molecule has 0 radical (unpaired) electrons. The lowest BCUT2D eigenvalue weighted by Crippen LogP contribution is -2.33. The van der Waals surface area contributed by atoms with Gasteiger partial charge in [0, 0.05) is 24.7 Å². The molecule has 11 nitrogen and oxygen atoms in total. The highest BCUT2D eigenvalue weighted by molar-refractivity contribution is 5.61. The number of nitro groups is 3. The zero-order valence-electron chi connectivity index (χ0n) is 15.2. The molecular formula is C16H12F4N4O7. The van der Waals surface area contributed by atoms with E-state index in [2.05, 4.69) is 10.1 Å². The lowest BCUT2D eigenvalue weighted by atomic mass is 10.1. The summed E-state index contributed by atoms with van der Waals surface area (Å²) in [5, 5.41) is 36.0. The Morgan fingerprint density at radius 1 is 0.968 bits per heavy atom. The van der Waals surface area contributed by atoms with Crippen molar-refractivity contribution in [2.24, 2.45) is 0 Å². The van der Waals surface area contributed by atoms with E-state index >= 15 is 0 Å². The second-order valence-electron chi connectivity index (χ2n) is 5.90. The fraction of sp³-hybridized carbons (Fsp3) is 0.250. The average Bonchev–Trinajstić information content (AvgIpc) is 2.67. The van der Waals surface area contributed by atoms with E-state index in [0.717, 1.165) is 12.1 Å². The van der Waals surface area contributed by atoms with Crippen molar-refractivity contribution in [2.45, 2.75) is 19.0 Å². The maximum absolute atomic E-state index is 13.0. The molecule has 0 saturated heterocycles. The maximum atomic E-state index is 13.0. The summed E-state index contributed by atoms with van der Waals surface area (Å²) in [6.45, 7) is -0.200. The number of ether oxygens (including phenoxy) is 1. The van der Waals surface area contributed by atoms with Gasteiger partial charge in [0.2, 0.25) is 0 Å². The van der Waals surface area contributed by atoms with Crippen LogP contribution in [0.5, 0.6) is 5.75 Å². The summed E-state index contributed by atoms with van der Waals surface area (Å²) in [5.41, 5.74) is -2.81. The Balaban J connectivity index is 2.22. The van der Waals surface area contributed by atoms with Crippen molar-refractivity contribution in [2.75, 3.05) is 11.9 Å². The molecule has 2 aromatic rings. The van der Waals surface area contributed by atoms with E-state index in [9.17, 15) is 47.9 Å². The number of nitrogens with zero attached hydrogens (tertiary/aromatic N) is 3. The van der Waals surface area contributed by atoms with Gasteiger partial charge in [0.15, 0.2) is 0 Å². The van der Waals surface area contributed by atoms with Crippen molar-refractivity contribution < 1.29 is 37.1 Å². The number of non-ortho nitro benzene ring substituents is 1. The Morgan fingerprint density at radius 2 is 1.55 bits per heavy atom. The quantitative estimate of drug-likeness (QED) is 0.321. The number of anilines is 1. The summed E-state index contributed by atoms with van der Waals surface area (Å²) in [5.74, 6) is -0.595. The SMILES string of the molecule is O=[N+]([O-])c1cc([N+](=O)[O-])c(CCNc2cccc(OC(F)(F)C(F)F)c2)c([N+](=O)[O-])c1. The van der Waals surface area contributed by atoms with E-state index in [-0.39, 0.29) is 18.7 Å². The van der Waals surface area contributed by atoms with E-state index < -0.39 is 55.7 Å². The number of nitro benzene ring substituents is 3. The predicted molar refractivity (Wildman–Crippen MR) is 96.6 cm³/mol. The molecule has 0 aliphatic carbocycles. The second kappa shape index (κ2) is 9.19. The van der Waals surface area contributed by atoms with Crippen LogP contribution in [-0.2, 0) is 6.42 Å². The molecule has 0 spiro atoms. The van der Waals surface area contributed by atoms with E-state index in [1.54, 1.807) is 0 Å². The van der Waals surface area contributed by atoms with Crippen molar-refractivity contribution in [1.29, 1.82) is 0 Å². The van der Waals surface area contributed by atoms with E-state index in [0.29, 0.717) is 12.1 Å². The van der Waals surface area contributed by atoms with Gasteiger partial charge in [0.1, 0.15) is 11.3 Å². The highest BCUT2D eigenvalue weighted by atomic mass is 19.3. The van der Waals surface area contributed by atoms with Gasteiger partial charge in [-0.1, -0.05) is 6.07 Å². The molecule has 0 amide bonds. The third-order valence-corrected chi connectivity index (χ3v) is 3.84.